The van der Waals surface area contributed by atoms with E-state index in [4.69, 9.17) is 10.5 Å². The second-order valence-corrected chi connectivity index (χ2v) is 4.92. The minimum absolute atomic E-state index is 0.139. The number of aryl methyl sites for hydroxylation is 1. The second-order valence-electron chi connectivity index (χ2n) is 4.92. The third-order valence-corrected chi connectivity index (χ3v) is 3.41. The van der Waals surface area contributed by atoms with Crippen LogP contribution in [0.5, 0.6) is 5.75 Å². The summed E-state index contributed by atoms with van der Waals surface area (Å²) in [6, 6.07) is 14.0. The van der Waals surface area contributed by atoms with Gasteiger partial charge in [0.25, 0.3) is 0 Å². The van der Waals surface area contributed by atoms with Crippen molar-refractivity contribution >= 4 is 0 Å². The molecule has 2 nitrogen and oxygen atoms in total. The van der Waals surface area contributed by atoms with Crippen LogP contribution in [0.1, 0.15) is 30.6 Å². The van der Waals surface area contributed by atoms with Crippen molar-refractivity contribution < 1.29 is 9.13 Å². The summed E-state index contributed by atoms with van der Waals surface area (Å²) < 4.78 is 19.2. The van der Waals surface area contributed by atoms with E-state index in [2.05, 4.69) is 0 Å². The van der Waals surface area contributed by atoms with Crippen molar-refractivity contribution in [3.05, 3.63) is 65.5 Å². The van der Waals surface area contributed by atoms with Gasteiger partial charge in [0.15, 0.2) is 0 Å². The number of hydrogen-bond acceptors (Lipinski definition) is 2. The molecule has 0 aliphatic rings. The van der Waals surface area contributed by atoms with E-state index in [1.54, 1.807) is 12.1 Å². The summed E-state index contributed by atoms with van der Waals surface area (Å²) in [6.45, 7) is 4.05. The van der Waals surface area contributed by atoms with Crippen LogP contribution in [0, 0.1) is 12.7 Å². The Balaban J connectivity index is 2.32. The predicted molar refractivity (Wildman–Crippen MR) is 79.2 cm³/mol. The highest BCUT2D eigenvalue weighted by Gasteiger charge is 2.22. The zero-order chi connectivity index (χ0) is 14.5. The van der Waals surface area contributed by atoms with Crippen LogP contribution in [0.3, 0.4) is 0 Å². The number of ether oxygens (including phenoxy) is 1. The average molecular weight is 273 g/mol. The van der Waals surface area contributed by atoms with Crippen molar-refractivity contribution in [3.8, 4) is 5.75 Å². The van der Waals surface area contributed by atoms with Gasteiger partial charge in [0.1, 0.15) is 17.7 Å². The third-order valence-electron chi connectivity index (χ3n) is 3.41. The molecule has 0 aromatic heterocycles. The summed E-state index contributed by atoms with van der Waals surface area (Å²) in [6.07, 6.45) is 0.511. The number of benzene rings is 2. The molecule has 0 bridgehead atoms. The van der Waals surface area contributed by atoms with E-state index in [1.165, 1.54) is 12.1 Å². The average Bonchev–Trinajstić information content (AvgIpc) is 2.45. The van der Waals surface area contributed by atoms with Crippen molar-refractivity contribution in [2.24, 2.45) is 5.73 Å². The van der Waals surface area contributed by atoms with Crippen LogP contribution < -0.4 is 10.5 Å². The Labute approximate surface area is 119 Å². The van der Waals surface area contributed by atoms with Gasteiger partial charge in [-0.25, -0.2) is 4.39 Å². The highest BCUT2D eigenvalue weighted by atomic mass is 19.1. The van der Waals surface area contributed by atoms with Crippen molar-refractivity contribution in [2.45, 2.75) is 32.4 Å². The topological polar surface area (TPSA) is 35.2 Å². The lowest BCUT2D eigenvalue weighted by Gasteiger charge is -2.26. The molecule has 0 saturated carbocycles. The Morgan fingerprint density at radius 1 is 1.15 bits per heavy atom. The van der Waals surface area contributed by atoms with Gasteiger partial charge in [-0.2, -0.15) is 0 Å². The summed E-state index contributed by atoms with van der Waals surface area (Å²) in [5.41, 5.74) is 8.36. The molecule has 0 amide bonds. The van der Waals surface area contributed by atoms with Crippen LogP contribution in [-0.2, 0) is 0 Å². The minimum atomic E-state index is -0.309. The number of nitrogens with two attached hydrogens (primary N) is 1. The third kappa shape index (κ3) is 3.36. The first-order chi connectivity index (χ1) is 9.61. The maximum Gasteiger partial charge on any atom is 0.139 e. The van der Waals surface area contributed by atoms with Gasteiger partial charge in [0.2, 0.25) is 0 Å². The molecule has 0 heterocycles. The number of halogens is 1. The molecule has 0 saturated heterocycles. The maximum atomic E-state index is 13.3. The fourth-order valence-corrected chi connectivity index (χ4v) is 2.19. The molecule has 0 radical (unpaired) electrons. The van der Waals surface area contributed by atoms with Crippen LogP contribution in [-0.4, -0.2) is 6.04 Å². The minimum Gasteiger partial charge on any atom is -0.484 e. The quantitative estimate of drug-likeness (QED) is 0.894. The molecule has 2 rings (SSSR count). The molecule has 106 valence electrons. The van der Waals surface area contributed by atoms with E-state index in [9.17, 15) is 4.39 Å². The van der Waals surface area contributed by atoms with Gasteiger partial charge in [0, 0.05) is 12.1 Å². The monoisotopic (exact) mass is 273 g/mol. The van der Waals surface area contributed by atoms with Crippen molar-refractivity contribution in [2.75, 3.05) is 0 Å². The van der Waals surface area contributed by atoms with Gasteiger partial charge in [0.05, 0.1) is 0 Å². The molecule has 2 aromatic carbocycles. The number of hydrogen-bond donors (Lipinski definition) is 1. The van der Waals surface area contributed by atoms with Crippen molar-refractivity contribution in [3.63, 3.8) is 0 Å². The molecule has 2 N–H and O–H groups in total. The molecule has 2 aromatic rings. The Morgan fingerprint density at radius 3 is 2.55 bits per heavy atom. The normalized spacial score (nSPS) is 13.8. The lowest BCUT2D eigenvalue weighted by Crippen LogP contribution is -2.32. The van der Waals surface area contributed by atoms with Gasteiger partial charge < -0.3 is 10.5 Å². The summed E-state index contributed by atoms with van der Waals surface area (Å²) in [7, 11) is 0. The van der Waals surface area contributed by atoms with Crippen LogP contribution in [0.4, 0.5) is 4.39 Å². The van der Waals surface area contributed by atoms with Crippen molar-refractivity contribution in [1.82, 2.24) is 0 Å². The highest BCUT2D eigenvalue weighted by molar-refractivity contribution is 5.31. The predicted octanol–water partition coefficient (Wildman–Crippen LogP) is 3.99. The summed E-state index contributed by atoms with van der Waals surface area (Å²) in [4.78, 5) is 0. The Hall–Kier alpha value is -1.87. The molecular formula is C17H20FNO. The SMILES string of the molecule is CCC(N)C(Oc1cccc(F)c1)c1ccccc1C. The van der Waals surface area contributed by atoms with E-state index < -0.39 is 0 Å². The summed E-state index contributed by atoms with van der Waals surface area (Å²) in [5, 5.41) is 0. The van der Waals surface area contributed by atoms with E-state index in [0.29, 0.717) is 5.75 Å². The molecule has 2 unspecified atom stereocenters. The molecule has 0 fully saturated rings. The Morgan fingerprint density at radius 2 is 1.90 bits per heavy atom. The Kier molecular flexibility index (Phi) is 4.74. The van der Waals surface area contributed by atoms with E-state index in [0.717, 1.165) is 17.5 Å². The molecule has 3 heteroatoms. The summed E-state index contributed by atoms with van der Waals surface area (Å²) >= 11 is 0. The van der Waals surface area contributed by atoms with Crippen LogP contribution in [0.2, 0.25) is 0 Å². The maximum absolute atomic E-state index is 13.3. The Bertz CT molecular complexity index is 570. The summed E-state index contributed by atoms with van der Waals surface area (Å²) in [5.74, 6) is 0.193. The molecule has 20 heavy (non-hydrogen) atoms. The molecule has 0 spiro atoms. The van der Waals surface area contributed by atoms with Gasteiger partial charge >= 0.3 is 0 Å². The first-order valence-corrected chi connectivity index (χ1v) is 6.85. The first kappa shape index (κ1) is 14.5. The molecule has 2 atom stereocenters. The van der Waals surface area contributed by atoms with Crippen LogP contribution >= 0.6 is 0 Å². The van der Waals surface area contributed by atoms with Gasteiger partial charge in [-0.3, -0.25) is 0 Å². The molecular weight excluding hydrogens is 253 g/mol. The fourth-order valence-electron chi connectivity index (χ4n) is 2.19. The van der Waals surface area contributed by atoms with Crippen LogP contribution in [0.25, 0.3) is 0 Å². The van der Waals surface area contributed by atoms with Gasteiger partial charge in [-0.05, 0) is 36.6 Å². The van der Waals surface area contributed by atoms with Gasteiger partial charge in [-0.1, -0.05) is 37.3 Å². The fraction of sp³-hybridized carbons (Fsp3) is 0.294. The van der Waals surface area contributed by atoms with E-state index >= 15 is 0 Å². The lowest BCUT2D eigenvalue weighted by molar-refractivity contribution is 0.169. The zero-order valence-electron chi connectivity index (χ0n) is 11.8. The largest absolute Gasteiger partial charge is 0.484 e. The first-order valence-electron chi connectivity index (χ1n) is 6.85. The van der Waals surface area contributed by atoms with E-state index in [1.807, 2.05) is 38.1 Å². The zero-order valence-corrected chi connectivity index (χ0v) is 11.8. The highest BCUT2D eigenvalue weighted by Crippen LogP contribution is 2.27. The van der Waals surface area contributed by atoms with Crippen molar-refractivity contribution in [1.29, 1.82) is 0 Å². The smallest absolute Gasteiger partial charge is 0.139 e. The number of rotatable bonds is 5. The standard InChI is InChI=1S/C17H20FNO/c1-3-16(19)17(15-10-5-4-7-12(15)2)20-14-9-6-8-13(18)11-14/h4-11,16-17H,3,19H2,1-2H3. The molecule has 0 aliphatic heterocycles. The second kappa shape index (κ2) is 6.53. The van der Waals surface area contributed by atoms with Gasteiger partial charge in [-0.15, -0.1) is 0 Å². The van der Waals surface area contributed by atoms with E-state index in [-0.39, 0.29) is 18.0 Å². The van der Waals surface area contributed by atoms with Crippen LogP contribution in [0.15, 0.2) is 48.5 Å². The lowest BCUT2D eigenvalue weighted by atomic mass is 9.97. The molecule has 0 aliphatic carbocycles.